The lowest BCUT2D eigenvalue weighted by molar-refractivity contribution is -0.133. The molecule has 0 aromatic heterocycles. The third-order valence-corrected chi connectivity index (χ3v) is 2.03. The van der Waals surface area contributed by atoms with Crippen molar-refractivity contribution in [2.75, 3.05) is 13.2 Å². The normalized spacial score (nSPS) is 33.7. The first kappa shape index (κ1) is 7.54. The minimum atomic E-state index is -0.405. The van der Waals surface area contributed by atoms with Gasteiger partial charge in [-0.3, -0.25) is 4.79 Å². The molecule has 1 aliphatic heterocycles. The Balaban J connectivity index is 2.56. The van der Waals surface area contributed by atoms with Crippen molar-refractivity contribution in [2.24, 2.45) is 11.1 Å². The molecule has 1 rings (SSSR count). The van der Waals surface area contributed by atoms with Gasteiger partial charge < -0.3 is 10.5 Å². The summed E-state index contributed by atoms with van der Waals surface area (Å²) in [6, 6.07) is 0. The number of carbonyl (C=O) groups is 1. The first-order valence-electron chi connectivity index (χ1n) is 3.53. The molecule has 3 heteroatoms. The van der Waals surface area contributed by atoms with Crippen molar-refractivity contribution < 1.29 is 9.53 Å². The highest BCUT2D eigenvalue weighted by Crippen LogP contribution is 2.26. The van der Waals surface area contributed by atoms with Gasteiger partial charge in [0.2, 0.25) is 5.91 Å². The SMILES string of the molecule is CC1(C(N)=O)CCCOC1. The number of amides is 1. The van der Waals surface area contributed by atoms with Crippen LogP contribution in [0.4, 0.5) is 0 Å². The van der Waals surface area contributed by atoms with Gasteiger partial charge in [-0.1, -0.05) is 0 Å². The summed E-state index contributed by atoms with van der Waals surface area (Å²) in [6.45, 7) is 3.11. The zero-order valence-electron chi connectivity index (χ0n) is 6.22. The maximum Gasteiger partial charge on any atom is 0.225 e. The van der Waals surface area contributed by atoms with Crippen LogP contribution < -0.4 is 5.73 Å². The summed E-state index contributed by atoms with van der Waals surface area (Å²) in [4.78, 5) is 10.8. The zero-order valence-corrected chi connectivity index (χ0v) is 6.22. The molecule has 0 aromatic rings. The van der Waals surface area contributed by atoms with Gasteiger partial charge >= 0.3 is 0 Å². The summed E-state index contributed by atoms with van der Waals surface area (Å²) in [7, 11) is 0. The van der Waals surface area contributed by atoms with Crippen molar-refractivity contribution in [1.82, 2.24) is 0 Å². The fourth-order valence-electron chi connectivity index (χ4n) is 1.13. The molecule has 10 heavy (non-hydrogen) atoms. The fraction of sp³-hybridized carbons (Fsp3) is 0.857. The van der Waals surface area contributed by atoms with E-state index in [1.807, 2.05) is 6.92 Å². The average Bonchev–Trinajstić information content (AvgIpc) is 1.89. The summed E-state index contributed by atoms with van der Waals surface area (Å²) >= 11 is 0. The Labute approximate surface area is 60.5 Å². The van der Waals surface area contributed by atoms with Gasteiger partial charge in [0.15, 0.2) is 0 Å². The summed E-state index contributed by atoms with van der Waals surface area (Å²) < 4.78 is 5.15. The second kappa shape index (κ2) is 2.58. The van der Waals surface area contributed by atoms with Crippen molar-refractivity contribution in [3.05, 3.63) is 0 Å². The molecular formula is C7H13NO2. The molecule has 1 heterocycles. The van der Waals surface area contributed by atoms with Crippen molar-refractivity contribution in [3.63, 3.8) is 0 Å². The molecule has 1 aliphatic rings. The van der Waals surface area contributed by atoms with Gasteiger partial charge in [-0.05, 0) is 19.8 Å². The van der Waals surface area contributed by atoms with Crippen molar-refractivity contribution in [3.8, 4) is 0 Å². The molecule has 0 radical (unpaired) electrons. The molecule has 1 atom stereocenters. The van der Waals surface area contributed by atoms with Gasteiger partial charge in [-0.15, -0.1) is 0 Å². The van der Waals surface area contributed by atoms with E-state index in [9.17, 15) is 4.79 Å². The van der Waals surface area contributed by atoms with Gasteiger partial charge in [0.1, 0.15) is 0 Å². The number of carbonyl (C=O) groups excluding carboxylic acids is 1. The molecule has 2 N–H and O–H groups in total. The maximum absolute atomic E-state index is 10.8. The minimum absolute atomic E-state index is 0.243. The van der Waals surface area contributed by atoms with E-state index in [1.54, 1.807) is 0 Å². The van der Waals surface area contributed by atoms with Crippen LogP contribution in [0.2, 0.25) is 0 Å². The number of nitrogens with two attached hydrogens (primary N) is 1. The Bertz CT molecular complexity index is 139. The molecule has 3 nitrogen and oxygen atoms in total. The fourth-order valence-corrected chi connectivity index (χ4v) is 1.13. The first-order chi connectivity index (χ1) is 4.65. The molecule has 0 spiro atoms. The van der Waals surface area contributed by atoms with E-state index < -0.39 is 5.41 Å². The lowest BCUT2D eigenvalue weighted by Gasteiger charge is -2.29. The third-order valence-electron chi connectivity index (χ3n) is 2.03. The van der Waals surface area contributed by atoms with E-state index >= 15 is 0 Å². The van der Waals surface area contributed by atoms with Crippen LogP contribution in [0.15, 0.2) is 0 Å². The average molecular weight is 143 g/mol. The molecule has 1 saturated heterocycles. The summed E-state index contributed by atoms with van der Waals surface area (Å²) in [5.41, 5.74) is 4.78. The Morgan fingerprint density at radius 2 is 2.40 bits per heavy atom. The molecule has 0 aliphatic carbocycles. The number of hydrogen-bond donors (Lipinski definition) is 1. The zero-order chi connectivity index (χ0) is 7.61. The Hall–Kier alpha value is -0.570. The highest BCUT2D eigenvalue weighted by Gasteiger charge is 2.33. The summed E-state index contributed by atoms with van der Waals surface area (Å²) in [6.07, 6.45) is 1.81. The smallest absolute Gasteiger partial charge is 0.225 e. The predicted octanol–water partition coefficient (Wildman–Crippen LogP) is 0.288. The molecule has 1 fully saturated rings. The van der Waals surface area contributed by atoms with Crippen LogP contribution >= 0.6 is 0 Å². The molecule has 0 aromatic carbocycles. The topological polar surface area (TPSA) is 52.3 Å². The van der Waals surface area contributed by atoms with Crippen LogP contribution in [0.1, 0.15) is 19.8 Å². The van der Waals surface area contributed by atoms with Crippen LogP contribution in [0.25, 0.3) is 0 Å². The molecular weight excluding hydrogens is 130 g/mol. The van der Waals surface area contributed by atoms with E-state index in [4.69, 9.17) is 10.5 Å². The first-order valence-corrected chi connectivity index (χ1v) is 3.53. The Morgan fingerprint density at radius 1 is 1.70 bits per heavy atom. The van der Waals surface area contributed by atoms with Gasteiger partial charge in [0.05, 0.1) is 12.0 Å². The van der Waals surface area contributed by atoms with Gasteiger partial charge in [0, 0.05) is 6.61 Å². The predicted molar refractivity (Wildman–Crippen MR) is 37.4 cm³/mol. The second-order valence-corrected chi connectivity index (χ2v) is 3.08. The van der Waals surface area contributed by atoms with E-state index in [2.05, 4.69) is 0 Å². The van der Waals surface area contributed by atoms with Gasteiger partial charge in [0.25, 0.3) is 0 Å². The second-order valence-electron chi connectivity index (χ2n) is 3.08. The van der Waals surface area contributed by atoms with Crippen LogP contribution in [0, 0.1) is 5.41 Å². The van der Waals surface area contributed by atoms with Crippen molar-refractivity contribution in [1.29, 1.82) is 0 Å². The van der Waals surface area contributed by atoms with Crippen molar-refractivity contribution >= 4 is 5.91 Å². The Morgan fingerprint density at radius 3 is 2.70 bits per heavy atom. The van der Waals surface area contributed by atoms with E-state index in [-0.39, 0.29) is 5.91 Å². The summed E-state index contributed by atoms with van der Waals surface area (Å²) in [5, 5.41) is 0. The van der Waals surface area contributed by atoms with E-state index in [1.165, 1.54) is 0 Å². The molecule has 0 saturated carbocycles. The molecule has 1 amide bonds. The monoisotopic (exact) mass is 143 g/mol. The van der Waals surface area contributed by atoms with E-state index in [0.717, 1.165) is 19.4 Å². The van der Waals surface area contributed by atoms with Crippen LogP contribution in [-0.4, -0.2) is 19.1 Å². The van der Waals surface area contributed by atoms with Crippen molar-refractivity contribution in [2.45, 2.75) is 19.8 Å². The largest absolute Gasteiger partial charge is 0.380 e. The summed E-state index contributed by atoms with van der Waals surface area (Å²) in [5.74, 6) is -0.243. The maximum atomic E-state index is 10.8. The van der Waals surface area contributed by atoms with Crippen LogP contribution in [0.3, 0.4) is 0 Å². The number of rotatable bonds is 1. The number of ether oxygens (including phenoxy) is 1. The van der Waals surface area contributed by atoms with Crippen LogP contribution in [-0.2, 0) is 9.53 Å². The molecule has 1 unspecified atom stereocenters. The standard InChI is InChI=1S/C7H13NO2/c1-7(6(8)9)3-2-4-10-5-7/h2-5H2,1H3,(H2,8,9). The van der Waals surface area contributed by atoms with E-state index in [0.29, 0.717) is 6.61 Å². The highest BCUT2D eigenvalue weighted by atomic mass is 16.5. The highest BCUT2D eigenvalue weighted by molar-refractivity contribution is 5.80. The third kappa shape index (κ3) is 1.29. The molecule has 0 bridgehead atoms. The number of primary amides is 1. The minimum Gasteiger partial charge on any atom is -0.380 e. The van der Waals surface area contributed by atoms with Crippen LogP contribution in [0.5, 0.6) is 0 Å². The Kier molecular flexibility index (Phi) is 1.94. The van der Waals surface area contributed by atoms with Gasteiger partial charge in [-0.25, -0.2) is 0 Å². The number of hydrogen-bond acceptors (Lipinski definition) is 2. The molecule has 58 valence electrons. The lowest BCUT2D eigenvalue weighted by Crippen LogP contribution is -2.41. The lowest BCUT2D eigenvalue weighted by atomic mass is 9.84. The van der Waals surface area contributed by atoms with Gasteiger partial charge in [-0.2, -0.15) is 0 Å². The quantitative estimate of drug-likeness (QED) is 0.573.